The van der Waals surface area contributed by atoms with Crippen LogP contribution in [-0.4, -0.2) is 47.7 Å². The van der Waals surface area contributed by atoms with Gasteiger partial charge in [-0.3, -0.25) is 29.4 Å². The minimum absolute atomic E-state index is 0.0983. The third-order valence-corrected chi connectivity index (χ3v) is 4.50. The minimum atomic E-state index is -0.959. The highest BCUT2D eigenvalue weighted by molar-refractivity contribution is 6.25. The van der Waals surface area contributed by atoms with Crippen LogP contribution in [0.1, 0.15) is 46.4 Å². The molecule has 0 bridgehead atoms. The maximum Gasteiger partial charge on any atom is 0.264 e. The summed E-state index contributed by atoms with van der Waals surface area (Å²) in [6.07, 6.45) is 1.86. The molecular formula is C18H19N4O4+. The van der Waals surface area contributed by atoms with Crippen LogP contribution < -0.4 is 10.6 Å². The van der Waals surface area contributed by atoms with Gasteiger partial charge < -0.3 is 5.32 Å². The van der Waals surface area contributed by atoms with E-state index in [0.29, 0.717) is 18.8 Å². The summed E-state index contributed by atoms with van der Waals surface area (Å²) in [4.78, 5) is 53.4. The number of anilines is 1. The van der Waals surface area contributed by atoms with Gasteiger partial charge in [0.05, 0.1) is 11.1 Å². The molecule has 2 aliphatic rings. The fourth-order valence-electron chi connectivity index (χ4n) is 3.21. The zero-order valence-electron chi connectivity index (χ0n) is 14.2. The number of piperidine rings is 1. The van der Waals surface area contributed by atoms with Gasteiger partial charge in [0.15, 0.2) is 0 Å². The highest BCUT2D eigenvalue weighted by Crippen LogP contribution is 2.32. The van der Waals surface area contributed by atoms with Crippen molar-refractivity contribution in [3.05, 3.63) is 34.2 Å². The van der Waals surface area contributed by atoms with Crippen molar-refractivity contribution in [2.75, 3.05) is 18.4 Å². The number of imide groups is 2. The van der Waals surface area contributed by atoms with Crippen molar-refractivity contribution in [2.24, 2.45) is 0 Å². The summed E-state index contributed by atoms with van der Waals surface area (Å²) < 4.78 is 0. The summed E-state index contributed by atoms with van der Waals surface area (Å²) in [7, 11) is 0. The van der Waals surface area contributed by atoms with E-state index in [-0.39, 0.29) is 24.0 Å². The molecule has 26 heavy (non-hydrogen) atoms. The van der Waals surface area contributed by atoms with Crippen molar-refractivity contribution in [3.8, 4) is 6.57 Å². The van der Waals surface area contributed by atoms with E-state index in [2.05, 4.69) is 15.5 Å². The molecule has 1 saturated heterocycles. The van der Waals surface area contributed by atoms with E-state index in [1.807, 2.05) is 0 Å². The van der Waals surface area contributed by atoms with Gasteiger partial charge in [-0.2, -0.15) is 0 Å². The summed E-state index contributed by atoms with van der Waals surface area (Å²) in [5.41, 5.74) is 1.09. The Hall–Kier alpha value is -3.21. The largest absolute Gasteiger partial charge is 0.384 e. The number of carbonyl (C=O) groups is 4. The molecule has 1 fully saturated rings. The van der Waals surface area contributed by atoms with Crippen molar-refractivity contribution in [3.63, 3.8) is 0 Å². The first-order chi connectivity index (χ1) is 12.5. The van der Waals surface area contributed by atoms with Gasteiger partial charge in [-0.25, -0.2) is 0 Å². The Morgan fingerprint density at radius 3 is 2.73 bits per heavy atom. The predicted molar refractivity (Wildman–Crippen MR) is 94.0 cm³/mol. The molecule has 1 aromatic rings. The smallest absolute Gasteiger partial charge is 0.264 e. The van der Waals surface area contributed by atoms with E-state index >= 15 is 0 Å². The fraction of sp³-hybridized carbons (Fsp3) is 0.389. The highest BCUT2D eigenvalue weighted by atomic mass is 16.2. The summed E-state index contributed by atoms with van der Waals surface area (Å²) in [6, 6.07) is 4.03. The van der Waals surface area contributed by atoms with Gasteiger partial charge in [0.2, 0.25) is 11.8 Å². The summed E-state index contributed by atoms with van der Waals surface area (Å²) in [6.45, 7) is 6.27. The number of amides is 4. The number of benzene rings is 1. The van der Waals surface area contributed by atoms with Crippen LogP contribution in [0.5, 0.6) is 0 Å². The lowest BCUT2D eigenvalue weighted by Gasteiger charge is -2.27. The van der Waals surface area contributed by atoms with Crippen LogP contribution in [0.15, 0.2) is 18.2 Å². The molecule has 0 spiro atoms. The zero-order chi connectivity index (χ0) is 18.7. The zero-order valence-corrected chi connectivity index (χ0v) is 14.2. The molecule has 4 amide bonds. The molecule has 1 atom stereocenters. The van der Waals surface area contributed by atoms with Crippen molar-refractivity contribution in [2.45, 2.75) is 31.7 Å². The Labute approximate surface area is 150 Å². The Morgan fingerprint density at radius 1 is 1.19 bits per heavy atom. The molecule has 2 aliphatic heterocycles. The second kappa shape index (κ2) is 7.35. The molecule has 0 radical (unpaired) electrons. The van der Waals surface area contributed by atoms with Crippen LogP contribution in [0.4, 0.5) is 5.69 Å². The Balaban J connectivity index is 1.79. The SMILES string of the molecule is C#[N+]CCCCNc1cccc2c1C(=O)N(C1CCC(=O)NC1=O)C2=O. The monoisotopic (exact) mass is 355 g/mol. The number of unbranched alkanes of at least 4 members (excludes halogenated alkanes) is 1. The van der Waals surface area contributed by atoms with Gasteiger partial charge in [0, 0.05) is 25.1 Å². The summed E-state index contributed by atoms with van der Waals surface area (Å²) >= 11 is 0. The van der Waals surface area contributed by atoms with Gasteiger partial charge in [-0.1, -0.05) is 10.9 Å². The van der Waals surface area contributed by atoms with Crippen LogP contribution in [-0.2, 0) is 9.59 Å². The molecule has 8 heteroatoms. The van der Waals surface area contributed by atoms with Crippen molar-refractivity contribution in [1.29, 1.82) is 0 Å². The first kappa shape index (κ1) is 17.6. The number of fused-ring (bicyclic) bond motifs is 1. The quantitative estimate of drug-likeness (QED) is 0.591. The maximum atomic E-state index is 12.9. The highest BCUT2D eigenvalue weighted by Gasteiger charge is 2.45. The number of rotatable bonds is 6. The normalized spacial score (nSPS) is 19.2. The number of nitrogens with zero attached hydrogens (tertiary/aromatic N) is 2. The molecule has 1 aromatic carbocycles. The molecule has 0 aliphatic carbocycles. The Bertz CT molecular complexity index is 827. The lowest BCUT2D eigenvalue weighted by Crippen LogP contribution is -2.54. The Morgan fingerprint density at radius 2 is 2.00 bits per heavy atom. The van der Waals surface area contributed by atoms with Crippen LogP contribution >= 0.6 is 0 Å². The average Bonchev–Trinajstić information content (AvgIpc) is 2.87. The molecule has 0 aromatic heterocycles. The van der Waals surface area contributed by atoms with E-state index in [1.165, 1.54) is 0 Å². The molecule has 2 heterocycles. The third-order valence-electron chi connectivity index (χ3n) is 4.50. The summed E-state index contributed by atoms with van der Waals surface area (Å²) in [5.74, 6) is -2.03. The molecule has 8 nitrogen and oxygen atoms in total. The standard InChI is InChI=1S/C18H18N4O4/c1-19-9-2-3-10-20-12-6-4-5-11-15(12)18(26)22(17(11)25)13-7-8-14(23)21-16(13)24/h1,4-6,13H,2-3,7-10H2,(H-,20,21,23,24,26)/p+1. The third kappa shape index (κ3) is 3.16. The van der Waals surface area contributed by atoms with E-state index in [4.69, 9.17) is 6.57 Å². The number of carbonyl (C=O) groups excluding carboxylic acids is 4. The first-order valence-corrected chi connectivity index (χ1v) is 8.49. The fourth-order valence-corrected chi connectivity index (χ4v) is 3.21. The van der Waals surface area contributed by atoms with Gasteiger partial charge in [-0.15, -0.1) is 0 Å². The van der Waals surface area contributed by atoms with E-state index < -0.39 is 29.7 Å². The second-order valence-electron chi connectivity index (χ2n) is 6.22. The lowest BCUT2D eigenvalue weighted by atomic mass is 10.0. The molecule has 3 rings (SSSR count). The van der Waals surface area contributed by atoms with E-state index in [0.717, 1.165) is 17.7 Å². The van der Waals surface area contributed by atoms with Gasteiger partial charge in [-0.05, 0) is 25.0 Å². The van der Waals surface area contributed by atoms with Crippen LogP contribution in [0.2, 0.25) is 0 Å². The summed E-state index contributed by atoms with van der Waals surface area (Å²) in [5, 5.41) is 5.34. The van der Waals surface area contributed by atoms with Crippen LogP contribution in [0.3, 0.4) is 0 Å². The van der Waals surface area contributed by atoms with Crippen molar-refractivity contribution >= 4 is 29.3 Å². The van der Waals surface area contributed by atoms with Crippen LogP contribution in [0, 0.1) is 6.57 Å². The molecule has 134 valence electrons. The molecule has 1 unspecified atom stereocenters. The number of hydrogen-bond acceptors (Lipinski definition) is 5. The van der Waals surface area contributed by atoms with E-state index in [9.17, 15) is 19.2 Å². The van der Waals surface area contributed by atoms with Crippen LogP contribution in [0.25, 0.3) is 4.85 Å². The van der Waals surface area contributed by atoms with Gasteiger partial charge in [0.25, 0.3) is 24.9 Å². The van der Waals surface area contributed by atoms with Crippen molar-refractivity contribution < 1.29 is 19.2 Å². The molecule has 2 N–H and O–H groups in total. The average molecular weight is 355 g/mol. The van der Waals surface area contributed by atoms with Crippen molar-refractivity contribution in [1.82, 2.24) is 10.2 Å². The number of nitrogens with one attached hydrogen (secondary N) is 2. The van der Waals surface area contributed by atoms with E-state index in [1.54, 1.807) is 18.2 Å². The minimum Gasteiger partial charge on any atom is -0.384 e. The first-order valence-electron chi connectivity index (χ1n) is 8.49. The number of hydrogen-bond donors (Lipinski definition) is 2. The van der Waals surface area contributed by atoms with Gasteiger partial charge in [0.1, 0.15) is 6.04 Å². The Kier molecular flexibility index (Phi) is 4.98. The molecule has 0 saturated carbocycles. The second-order valence-corrected chi connectivity index (χ2v) is 6.22. The lowest BCUT2D eigenvalue weighted by molar-refractivity contribution is -0.136. The topological polar surface area (TPSA) is 99.9 Å². The predicted octanol–water partition coefficient (Wildman–Crippen LogP) is 1.24. The van der Waals surface area contributed by atoms with Gasteiger partial charge >= 0.3 is 0 Å². The maximum absolute atomic E-state index is 12.9. The molecular weight excluding hydrogens is 336 g/mol.